The zero-order chi connectivity index (χ0) is 12.7. The van der Waals surface area contributed by atoms with Crippen LogP contribution in [0.25, 0.3) is 0 Å². The van der Waals surface area contributed by atoms with Gasteiger partial charge < -0.3 is 14.4 Å². The molecule has 1 aromatic heterocycles. The van der Waals surface area contributed by atoms with Gasteiger partial charge in [-0.25, -0.2) is 4.98 Å². The van der Waals surface area contributed by atoms with Crippen molar-refractivity contribution in [1.82, 2.24) is 9.55 Å². The Kier molecular flexibility index (Phi) is 2.33. The number of Topliss-reactive ketones (excluding diaryl/α,β-unsaturated/α-hetero) is 1. The number of hydrogen-bond donors (Lipinski definition) is 1. The van der Waals surface area contributed by atoms with Gasteiger partial charge in [-0.2, -0.15) is 0 Å². The molecule has 0 saturated heterocycles. The molecule has 92 valence electrons. The summed E-state index contributed by atoms with van der Waals surface area (Å²) in [5.74, 6) is 0.500. The highest BCUT2D eigenvalue weighted by Gasteiger charge is 2.35. The number of hydrogen-bond acceptors (Lipinski definition) is 4. The molecule has 5 heteroatoms. The Morgan fingerprint density at radius 2 is 2.28 bits per heavy atom. The summed E-state index contributed by atoms with van der Waals surface area (Å²) in [6.07, 6.45) is 4.68. The first kappa shape index (κ1) is 10.8. The number of fused-ring (bicyclic) bond motifs is 1. The third kappa shape index (κ3) is 1.55. The van der Waals surface area contributed by atoms with Crippen LogP contribution < -0.4 is 4.74 Å². The Labute approximate surface area is 104 Å². The van der Waals surface area contributed by atoms with E-state index in [1.165, 1.54) is 12.1 Å². The van der Waals surface area contributed by atoms with Gasteiger partial charge in [0, 0.05) is 18.5 Å². The van der Waals surface area contributed by atoms with Crippen molar-refractivity contribution in [2.75, 3.05) is 0 Å². The molecule has 0 aliphatic carbocycles. The molecule has 0 saturated carbocycles. The molecule has 0 radical (unpaired) electrons. The molecule has 2 heterocycles. The van der Waals surface area contributed by atoms with Crippen molar-refractivity contribution in [3.05, 3.63) is 42.5 Å². The van der Waals surface area contributed by atoms with E-state index < -0.39 is 6.04 Å². The van der Waals surface area contributed by atoms with E-state index in [-0.39, 0.29) is 17.6 Å². The molecule has 1 aliphatic rings. The van der Waals surface area contributed by atoms with Crippen LogP contribution in [-0.4, -0.2) is 26.5 Å². The number of imidazole rings is 1. The van der Waals surface area contributed by atoms with Crippen LogP contribution in [0, 0.1) is 0 Å². The lowest BCUT2D eigenvalue weighted by Gasteiger charge is -2.30. The van der Waals surface area contributed by atoms with E-state index in [1.54, 1.807) is 29.4 Å². The second kappa shape index (κ2) is 3.87. The summed E-state index contributed by atoms with van der Waals surface area (Å²) in [6, 6.07) is 4.13. The number of phenols is 1. The van der Waals surface area contributed by atoms with Crippen LogP contribution in [0.3, 0.4) is 0 Å². The first-order valence-corrected chi connectivity index (χ1v) is 5.68. The summed E-state index contributed by atoms with van der Waals surface area (Å²) >= 11 is 0. The molecule has 0 spiro atoms. The molecule has 3 rings (SSSR count). The number of aromatic hydroxyl groups is 1. The molecular formula is C13H12N2O3. The fraction of sp³-hybridized carbons (Fsp3) is 0.231. The Morgan fingerprint density at radius 1 is 1.44 bits per heavy atom. The van der Waals surface area contributed by atoms with Gasteiger partial charge in [0.05, 0.1) is 11.9 Å². The van der Waals surface area contributed by atoms with Gasteiger partial charge in [-0.15, -0.1) is 0 Å². The highest BCUT2D eigenvalue weighted by molar-refractivity contribution is 6.02. The average molecular weight is 244 g/mol. The molecule has 2 atom stereocenters. The van der Waals surface area contributed by atoms with Gasteiger partial charge in [-0.1, -0.05) is 0 Å². The molecule has 0 fully saturated rings. The van der Waals surface area contributed by atoms with E-state index in [2.05, 4.69) is 4.98 Å². The first-order chi connectivity index (χ1) is 8.66. The summed E-state index contributed by atoms with van der Waals surface area (Å²) in [5, 5.41) is 9.40. The van der Waals surface area contributed by atoms with Gasteiger partial charge in [0.25, 0.3) is 0 Å². The number of rotatable bonds is 1. The molecule has 2 aromatic rings. The lowest BCUT2D eigenvalue weighted by molar-refractivity contribution is 0.0717. The van der Waals surface area contributed by atoms with Crippen molar-refractivity contribution in [2.45, 2.75) is 19.1 Å². The van der Waals surface area contributed by atoms with Gasteiger partial charge in [0.1, 0.15) is 23.6 Å². The molecule has 1 N–H and O–H groups in total. The quantitative estimate of drug-likeness (QED) is 0.830. The van der Waals surface area contributed by atoms with E-state index in [1.807, 2.05) is 6.92 Å². The van der Waals surface area contributed by atoms with Crippen LogP contribution in [0.1, 0.15) is 23.3 Å². The van der Waals surface area contributed by atoms with E-state index in [9.17, 15) is 9.90 Å². The van der Waals surface area contributed by atoms with Crippen LogP contribution in [0.5, 0.6) is 11.5 Å². The van der Waals surface area contributed by atoms with E-state index in [0.29, 0.717) is 11.3 Å². The molecule has 1 aliphatic heterocycles. The van der Waals surface area contributed by atoms with Gasteiger partial charge in [-0.3, -0.25) is 4.79 Å². The molecular weight excluding hydrogens is 232 g/mol. The first-order valence-electron chi connectivity index (χ1n) is 5.68. The maximum Gasteiger partial charge on any atom is 0.193 e. The second-order valence-corrected chi connectivity index (χ2v) is 4.32. The fourth-order valence-electron chi connectivity index (χ4n) is 2.26. The lowest BCUT2D eigenvalue weighted by atomic mass is 9.96. The SMILES string of the molecule is C[C@H]1Oc2cc(O)ccc2C(=O)[C@@H]1n1ccnc1. The van der Waals surface area contributed by atoms with Crippen molar-refractivity contribution >= 4 is 5.78 Å². The van der Waals surface area contributed by atoms with E-state index in [0.717, 1.165) is 0 Å². The van der Waals surface area contributed by atoms with Gasteiger partial charge in [0.2, 0.25) is 0 Å². The van der Waals surface area contributed by atoms with Crippen LogP contribution in [0.2, 0.25) is 0 Å². The molecule has 1 aromatic carbocycles. The third-order valence-electron chi connectivity index (χ3n) is 3.10. The molecule has 5 nitrogen and oxygen atoms in total. The van der Waals surface area contributed by atoms with Gasteiger partial charge in [-0.05, 0) is 19.1 Å². The Morgan fingerprint density at radius 3 is 3.00 bits per heavy atom. The average Bonchev–Trinajstić information content (AvgIpc) is 2.82. The molecule has 0 amide bonds. The van der Waals surface area contributed by atoms with E-state index >= 15 is 0 Å². The highest BCUT2D eigenvalue weighted by atomic mass is 16.5. The molecule has 0 unspecified atom stereocenters. The zero-order valence-electron chi connectivity index (χ0n) is 9.78. The molecule has 18 heavy (non-hydrogen) atoms. The minimum atomic E-state index is -0.412. The predicted octanol–water partition coefficient (Wildman–Crippen LogP) is 1.79. The summed E-state index contributed by atoms with van der Waals surface area (Å²) in [5.41, 5.74) is 0.490. The summed E-state index contributed by atoms with van der Waals surface area (Å²) in [4.78, 5) is 16.4. The van der Waals surface area contributed by atoms with Crippen LogP contribution >= 0.6 is 0 Å². The highest BCUT2D eigenvalue weighted by Crippen LogP contribution is 2.35. The van der Waals surface area contributed by atoms with Crippen molar-refractivity contribution in [1.29, 1.82) is 0 Å². The Bertz CT molecular complexity index is 592. The lowest BCUT2D eigenvalue weighted by Crippen LogP contribution is -2.37. The van der Waals surface area contributed by atoms with Crippen LogP contribution in [0.4, 0.5) is 0 Å². The Balaban J connectivity index is 2.07. The normalized spacial score (nSPS) is 22.4. The largest absolute Gasteiger partial charge is 0.508 e. The van der Waals surface area contributed by atoms with Crippen LogP contribution in [-0.2, 0) is 0 Å². The smallest absolute Gasteiger partial charge is 0.193 e. The summed E-state index contributed by atoms with van der Waals surface area (Å²) in [6.45, 7) is 1.83. The second-order valence-electron chi connectivity index (χ2n) is 4.32. The van der Waals surface area contributed by atoms with E-state index in [4.69, 9.17) is 4.74 Å². The molecule has 0 bridgehead atoms. The number of nitrogens with zero attached hydrogens (tertiary/aromatic N) is 2. The predicted molar refractivity (Wildman–Crippen MR) is 63.8 cm³/mol. The zero-order valence-corrected chi connectivity index (χ0v) is 9.78. The fourth-order valence-corrected chi connectivity index (χ4v) is 2.26. The van der Waals surface area contributed by atoms with Crippen LogP contribution in [0.15, 0.2) is 36.9 Å². The number of carbonyl (C=O) groups excluding carboxylic acids is 1. The minimum absolute atomic E-state index is 0.0262. The number of ether oxygens (including phenoxy) is 1. The third-order valence-corrected chi connectivity index (χ3v) is 3.10. The summed E-state index contributed by atoms with van der Waals surface area (Å²) < 4.78 is 7.43. The number of aromatic nitrogens is 2. The van der Waals surface area contributed by atoms with Gasteiger partial charge in [0.15, 0.2) is 5.78 Å². The summed E-state index contributed by atoms with van der Waals surface area (Å²) in [7, 11) is 0. The van der Waals surface area contributed by atoms with Crippen molar-refractivity contribution in [3.63, 3.8) is 0 Å². The Hall–Kier alpha value is -2.30. The number of carbonyl (C=O) groups is 1. The number of phenolic OH excluding ortho intramolecular Hbond substituents is 1. The number of benzene rings is 1. The maximum atomic E-state index is 12.4. The minimum Gasteiger partial charge on any atom is -0.508 e. The standard InChI is InChI=1S/C13H12N2O3/c1-8-12(15-5-4-14-7-15)13(17)10-3-2-9(16)6-11(10)18-8/h2-8,12,16H,1H3/t8-,12-/m1/s1. The monoisotopic (exact) mass is 244 g/mol. The maximum absolute atomic E-state index is 12.4. The van der Waals surface area contributed by atoms with Gasteiger partial charge >= 0.3 is 0 Å². The van der Waals surface area contributed by atoms with Crippen molar-refractivity contribution in [2.24, 2.45) is 0 Å². The van der Waals surface area contributed by atoms with Crippen molar-refractivity contribution in [3.8, 4) is 11.5 Å². The number of ketones is 1. The topological polar surface area (TPSA) is 64.3 Å². The van der Waals surface area contributed by atoms with Crippen molar-refractivity contribution < 1.29 is 14.6 Å².